The number of nitrogen functional groups attached to an aromatic ring is 1. The van der Waals surface area contributed by atoms with E-state index in [0.29, 0.717) is 5.39 Å². The second kappa shape index (κ2) is 4.53. The van der Waals surface area contributed by atoms with Crippen molar-refractivity contribution in [1.82, 2.24) is 9.89 Å². The first-order chi connectivity index (χ1) is 8.77. The molecule has 18 heavy (non-hydrogen) atoms. The SMILES string of the molecule is Nn1nc(N2CCSCC2)c2ccccc2c1=O. The van der Waals surface area contributed by atoms with Crippen LogP contribution < -0.4 is 16.3 Å². The lowest BCUT2D eigenvalue weighted by atomic mass is 10.2. The second-order valence-electron chi connectivity index (χ2n) is 4.22. The maximum atomic E-state index is 11.9. The summed E-state index contributed by atoms with van der Waals surface area (Å²) >= 11 is 1.94. The van der Waals surface area contributed by atoms with E-state index in [1.807, 2.05) is 30.0 Å². The van der Waals surface area contributed by atoms with E-state index >= 15 is 0 Å². The van der Waals surface area contributed by atoms with E-state index in [1.165, 1.54) is 0 Å². The lowest BCUT2D eigenvalue weighted by Crippen LogP contribution is -2.37. The van der Waals surface area contributed by atoms with Crippen LogP contribution in [0.1, 0.15) is 0 Å². The zero-order chi connectivity index (χ0) is 12.5. The summed E-state index contributed by atoms with van der Waals surface area (Å²) in [5.41, 5.74) is -0.249. The molecule has 1 aliphatic rings. The highest BCUT2D eigenvalue weighted by Gasteiger charge is 2.17. The second-order valence-corrected chi connectivity index (χ2v) is 5.44. The molecule has 1 aliphatic heterocycles. The van der Waals surface area contributed by atoms with Crippen molar-refractivity contribution in [3.63, 3.8) is 0 Å². The highest BCUT2D eigenvalue weighted by molar-refractivity contribution is 7.99. The Morgan fingerprint density at radius 2 is 1.83 bits per heavy atom. The molecule has 2 aromatic rings. The van der Waals surface area contributed by atoms with Crippen molar-refractivity contribution in [2.75, 3.05) is 35.3 Å². The van der Waals surface area contributed by atoms with E-state index in [9.17, 15) is 4.79 Å². The molecule has 1 aromatic heterocycles. The Balaban J connectivity index is 2.22. The summed E-state index contributed by atoms with van der Waals surface area (Å²) in [4.78, 5) is 15.1. The summed E-state index contributed by atoms with van der Waals surface area (Å²) < 4.78 is 0. The summed E-state index contributed by atoms with van der Waals surface area (Å²) in [5.74, 6) is 8.63. The minimum Gasteiger partial charge on any atom is -0.353 e. The smallest absolute Gasteiger partial charge is 0.293 e. The van der Waals surface area contributed by atoms with Crippen molar-refractivity contribution in [3.05, 3.63) is 34.6 Å². The third-order valence-electron chi connectivity index (χ3n) is 3.12. The Bertz CT molecular complexity index is 634. The average Bonchev–Trinajstić information content (AvgIpc) is 2.44. The zero-order valence-corrected chi connectivity index (χ0v) is 10.7. The molecule has 0 spiro atoms. The largest absolute Gasteiger partial charge is 0.353 e. The maximum Gasteiger partial charge on any atom is 0.293 e. The van der Waals surface area contributed by atoms with E-state index in [1.54, 1.807) is 6.07 Å². The third kappa shape index (κ3) is 1.82. The van der Waals surface area contributed by atoms with E-state index in [0.717, 1.165) is 40.6 Å². The summed E-state index contributed by atoms with van der Waals surface area (Å²) in [6, 6.07) is 7.50. The lowest BCUT2D eigenvalue weighted by molar-refractivity contribution is 0.740. The van der Waals surface area contributed by atoms with Crippen LogP contribution in [0.2, 0.25) is 0 Å². The molecule has 1 saturated heterocycles. The van der Waals surface area contributed by atoms with E-state index in [-0.39, 0.29) is 5.56 Å². The number of nitrogens with two attached hydrogens (primary N) is 1. The van der Waals surface area contributed by atoms with E-state index in [2.05, 4.69) is 10.00 Å². The molecule has 0 radical (unpaired) electrons. The van der Waals surface area contributed by atoms with Gasteiger partial charge < -0.3 is 10.7 Å². The predicted octanol–water partition coefficient (Wildman–Crippen LogP) is 0.663. The first-order valence-electron chi connectivity index (χ1n) is 5.87. The highest BCUT2D eigenvalue weighted by atomic mass is 32.2. The molecule has 1 aromatic carbocycles. The fraction of sp³-hybridized carbons (Fsp3) is 0.333. The third-order valence-corrected chi connectivity index (χ3v) is 4.06. The topological polar surface area (TPSA) is 64.2 Å². The van der Waals surface area contributed by atoms with Gasteiger partial charge in [-0.3, -0.25) is 4.79 Å². The van der Waals surface area contributed by atoms with Crippen LogP contribution in [-0.2, 0) is 0 Å². The normalized spacial score (nSPS) is 16.1. The van der Waals surface area contributed by atoms with Crippen LogP contribution in [0.15, 0.2) is 29.1 Å². The van der Waals surface area contributed by atoms with Crippen LogP contribution in [0.4, 0.5) is 5.82 Å². The molecule has 6 heteroatoms. The molecule has 2 heterocycles. The molecule has 5 nitrogen and oxygen atoms in total. The van der Waals surface area contributed by atoms with E-state index < -0.39 is 0 Å². The number of hydrogen-bond donors (Lipinski definition) is 1. The van der Waals surface area contributed by atoms with Gasteiger partial charge in [0.15, 0.2) is 5.82 Å². The molecule has 0 atom stereocenters. The van der Waals surface area contributed by atoms with Gasteiger partial charge in [-0.15, -0.1) is 9.89 Å². The number of anilines is 1. The first-order valence-corrected chi connectivity index (χ1v) is 7.03. The standard InChI is InChI=1S/C12H14N4OS/c13-16-12(17)10-4-2-1-3-9(10)11(14-16)15-5-7-18-8-6-15/h1-4H,5-8,13H2. The van der Waals surface area contributed by atoms with Gasteiger partial charge in [0.1, 0.15) is 0 Å². The quantitative estimate of drug-likeness (QED) is 0.765. The monoisotopic (exact) mass is 262 g/mol. The first kappa shape index (κ1) is 11.4. The minimum atomic E-state index is -0.249. The minimum absolute atomic E-state index is 0.249. The fourth-order valence-corrected chi connectivity index (χ4v) is 3.10. The lowest BCUT2D eigenvalue weighted by Gasteiger charge is -2.28. The van der Waals surface area contributed by atoms with Gasteiger partial charge in [0.25, 0.3) is 5.56 Å². The molecule has 1 fully saturated rings. The fourth-order valence-electron chi connectivity index (χ4n) is 2.20. The van der Waals surface area contributed by atoms with Gasteiger partial charge in [-0.25, -0.2) is 0 Å². The van der Waals surface area contributed by atoms with Gasteiger partial charge in [0, 0.05) is 30.0 Å². The van der Waals surface area contributed by atoms with Crippen molar-refractivity contribution in [1.29, 1.82) is 0 Å². The van der Waals surface area contributed by atoms with Gasteiger partial charge >= 0.3 is 0 Å². The Hall–Kier alpha value is -1.69. The number of hydrogen-bond acceptors (Lipinski definition) is 5. The Labute approximate surface area is 109 Å². The molecule has 0 unspecified atom stereocenters. The van der Waals surface area contributed by atoms with Gasteiger partial charge in [-0.2, -0.15) is 11.8 Å². The highest BCUT2D eigenvalue weighted by Crippen LogP contribution is 2.23. The molecular formula is C12H14N4OS. The van der Waals surface area contributed by atoms with Crippen molar-refractivity contribution >= 4 is 28.4 Å². The van der Waals surface area contributed by atoms with Gasteiger partial charge in [0.2, 0.25) is 0 Å². The van der Waals surface area contributed by atoms with Crippen LogP contribution in [0.3, 0.4) is 0 Å². The summed E-state index contributed by atoms with van der Waals surface area (Å²) in [6.07, 6.45) is 0. The Kier molecular flexibility index (Phi) is 2.87. The predicted molar refractivity (Wildman–Crippen MR) is 75.7 cm³/mol. The maximum absolute atomic E-state index is 11.9. The summed E-state index contributed by atoms with van der Waals surface area (Å²) in [5, 5.41) is 5.74. The van der Waals surface area contributed by atoms with Crippen LogP contribution >= 0.6 is 11.8 Å². The number of thioether (sulfide) groups is 1. The molecule has 2 N–H and O–H groups in total. The van der Waals surface area contributed by atoms with Crippen LogP contribution in [0.25, 0.3) is 10.8 Å². The number of fused-ring (bicyclic) bond motifs is 1. The molecule has 94 valence electrons. The Morgan fingerprint density at radius 1 is 1.17 bits per heavy atom. The zero-order valence-electron chi connectivity index (χ0n) is 9.87. The molecule has 0 amide bonds. The molecular weight excluding hydrogens is 248 g/mol. The number of rotatable bonds is 1. The van der Waals surface area contributed by atoms with Gasteiger partial charge in [-0.05, 0) is 6.07 Å². The van der Waals surface area contributed by atoms with E-state index in [4.69, 9.17) is 5.84 Å². The van der Waals surface area contributed by atoms with Crippen LogP contribution in [0.5, 0.6) is 0 Å². The van der Waals surface area contributed by atoms with Crippen LogP contribution in [0, 0.1) is 0 Å². The Morgan fingerprint density at radius 3 is 2.56 bits per heavy atom. The average molecular weight is 262 g/mol. The number of benzene rings is 1. The molecule has 0 saturated carbocycles. The van der Waals surface area contributed by atoms with Crippen molar-refractivity contribution in [2.24, 2.45) is 0 Å². The van der Waals surface area contributed by atoms with Gasteiger partial charge in [-0.1, -0.05) is 18.2 Å². The molecule has 3 rings (SSSR count). The van der Waals surface area contributed by atoms with Crippen molar-refractivity contribution in [2.45, 2.75) is 0 Å². The molecule has 0 aliphatic carbocycles. The summed E-state index contributed by atoms with van der Waals surface area (Å²) in [7, 11) is 0. The van der Waals surface area contributed by atoms with Gasteiger partial charge in [0.05, 0.1) is 5.39 Å². The number of aromatic nitrogens is 2. The van der Waals surface area contributed by atoms with Crippen molar-refractivity contribution in [3.8, 4) is 0 Å². The van der Waals surface area contributed by atoms with Crippen molar-refractivity contribution < 1.29 is 0 Å². The number of nitrogens with zero attached hydrogens (tertiary/aromatic N) is 3. The van der Waals surface area contributed by atoms with Crippen LogP contribution in [-0.4, -0.2) is 34.5 Å². The molecule has 0 bridgehead atoms. The summed E-state index contributed by atoms with van der Waals surface area (Å²) in [6.45, 7) is 1.89.